The summed E-state index contributed by atoms with van der Waals surface area (Å²) in [6, 6.07) is 5.72. The average Bonchev–Trinajstić information content (AvgIpc) is 3.32. The number of likely N-dealkylation sites (tertiary alicyclic amines) is 1. The number of fused-ring (bicyclic) bond motifs is 1. The second-order valence-corrected chi connectivity index (χ2v) is 11.2. The summed E-state index contributed by atoms with van der Waals surface area (Å²) in [6.07, 6.45) is 10.2. The number of aromatic nitrogens is 1. The molecule has 0 unspecified atom stereocenters. The van der Waals surface area contributed by atoms with Gasteiger partial charge in [-0.25, -0.2) is 0 Å². The normalized spacial score (nSPS) is 27.0. The Morgan fingerprint density at radius 3 is 2.66 bits per heavy atom. The quantitative estimate of drug-likeness (QED) is 0.704. The smallest absolute Gasteiger partial charge is 0.245 e. The molecule has 2 atom stereocenters. The number of amides is 2. The van der Waals surface area contributed by atoms with Crippen molar-refractivity contribution < 1.29 is 14.3 Å². The molecule has 0 bridgehead atoms. The Morgan fingerprint density at radius 2 is 1.91 bits per heavy atom. The number of hydrogen-bond acceptors (Lipinski definition) is 5. The third kappa shape index (κ3) is 6.82. The van der Waals surface area contributed by atoms with E-state index in [-0.39, 0.29) is 17.9 Å². The first-order valence-corrected chi connectivity index (χ1v) is 13.8. The van der Waals surface area contributed by atoms with Crippen molar-refractivity contribution in [1.29, 1.82) is 0 Å². The fraction of sp³-hybridized carbons (Fsp3) is 0.750. The lowest BCUT2D eigenvalue weighted by molar-refractivity contribution is -0.143. The van der Waals surface area contributed by atoms with E-state index in [2.05, 4.69) is 35.1 Å². The second-order valence-electron chi connectivity index (χ2n) is 11.2. The number of ether oxygens (including phenoxy) is 1. The molecule has 194 valence electrons. The molecule has 0 aromatic carbocycles. The number of carbonyl (C=O) groups excluding carboxylic acids is 2. The van der Waals surface area contributed by atoms with E-state index in [9.17, 15) is 9.59 Å². The lowest BCUT2D eigenvalue weighted by Crippen LogP contribution is -2.56. The van der Waals surface area contributed by atoms with Crippen LogP contribution in [-0.4, -0.2) is 71.5 Å². The van der Waals surface area contributed by atoms with Crippen molar-refractivity contribution in [2.75, 3.05) is 32.8 Å². The van der Waals surface area contributed by atoms with Gasteiger partial charge in [-0.15, -0.1) is 0 Å². The van der Waals surface area contributed by atoms with Crippen molar-refractivity contribution in [3.8, 4) is 0 Å². The molecule has 1 aromatic heterocycles. The van der Waals surface area contributed by atoms with E-state index in [1.165, 1.54) is 0 Å². The van der Waals surface area contributed by atoms with Gasteiger partial charge in [0.25, 0.3) is 0 Å². The molecule has 0 saturated carbocycles. The highest BCUT2D eigenvalue weighted by Crippen LogP contribution is 2.38. The van der Waals surface area contributed by atoms with Crippen molar-refractivity contribution in [1.82, 2.24) is 20.1 Å². The molecule has 1 aromatic rings. The monoisotopic (exact) mass is 484 g/mol. The molecule has 7 heteroatoms. The molecular weight excluding hydrogens is 440 g/mol. The zero-order chi connectivity index (χ0) is 24.7. The number of pyridine rings is 1. The number of nitrogens with zero attached hydrogens (tertiary/aromatic N) is 3. The van der Waals surface area contributed by atoms with Gasteiger partial charge in [0.2, 0.25) is 11.8 Å². The number of piperidine rings is 1. The predicted octanol–water partition coefficient (Wildman–Crippen LogP) is 3.78. The van der Waals surface area contributed by atoms with Gasteiger partial charge in [-0.2, -0.15) is 0 Å². The molecule has 4 rings (SSSR count). The molecule has 0 aliphatic carbocycles. The minimum absolute atomic E-state index is 0.0814. The maximum absolute atomic E-state index is 13.9. The second kappa shape index (κ2) is 12.3. The van der Waals surface area contributed by atoms with Gasteiger partial charge in [0.1, 0.15) is 6.04 Å². The van der Waals surface area contributed by atoms with E-state index < -0.39 is 11.5 Å². The molecule has 1 spiro atoms. The van der Waals surface area contributed by atoms with Gasteiger partial charge in [0.15, 0.2) is 0 Å². The topological polar surface area (TPSA) is 74.8 Å². The summed E-state index contributed by atoms with van der Waals surface area (Å²) in [5.74, 6) is 0.507. The largest absolute Gasteiger partial charge is 0.379 e. The van der Waals surface area contributed by atoms with Crippen LogP contribution in [0, 0.1) is 11.3 Å². The fourth-order valence-electron chi connectivity index (χ4n) is 6.02. The van der Waals surface area contributed by atoms with Crippen LogP contribution >= 0.6 is 0 Å². The van der Waals surface area contributed by atoms with Gasteiger partial charge in [-0.1, -0.05) is 32.8 Å². The molecule has 2 amide bonds. The first-order valence-electron chi connectivity index (χ1n) is 13.8. The van der Waals surface area contributed by atoms with Crippen LogP contribution in [0.5, 0.6) is 0 Å². The molecule has 4 heterocycles. The van der Waals surface area contributed by atoms with Crippen molar-refractivity contribution in [2.24, 2.45) is 11.3 Å². The Bertz CT molecular complexity index is 823. The van der Waals surface area contributed by atoms with Crippen LogP contribution in [0.25, 0.3) is 0 Å². The van der Waals surface area contributed by atoms with E-state index in [0.29, 0.717) is 18.9 Å². The number of carbonyl (C=O) groups is 2. The van der Waals surface area contributed by atoms with Crippen molar-refractivity contribution in [3.63, 3.8) is 0 Å². The summed E-state index contributed by atoms with van der Waals surface area (Å²) in [6.45, 7) is 8.96. The molecule has 0 radical (unpaired) electrons. The lowest BCUT2D eigenvalue weighted by atomic mass is 9.73. The lowest BCUT2D eigenvalue weighted by Gasteiger charge is -2.42. The molecular formula is C28H44N4O3. The zero-order valence-corrected chi connectivity index (χ0v) is 21.7. The third-order valence-electron chi connectivity index (χ3n) is 8.13. The summed E-state index contributed by atoms with van der Waals surface area (Å²) >= 11 is 0. The van der Waals surface area contributed by atoms with E-state index in [1.54, 1.807) is 0 Å². The van der Waals surface area contributed by atoms with Gasteiger partial charge in [0, 0.05) is 25.9 Å². The third-order valence-corrected chi connectivity index (χ3v) is 8.13. The highest BCUT2D eigenvalue weighted by atomic mass is 16.5. The first-order chi connectivity index (χ1) is 17.0. The van der Waals surface area contributed by atoms with Gasteiger partial charge in [-0.3, -0.25) is 19.5 Å². The minimum Gasteiger partial charge on any atom is -0.379 e. The van der Waals surface area contributed by atoms with Gasteiger partial charge in [0.05, 0.1) is 23.8 Å². The van der Waals surface area contributed by atoms with Crippen LogP contribution in [0.15, 0.2) is 24.4 Å². The van der Waals surface area contributed by atoms with Crippen molar-refractivity contribution >= 4 is 11.8 Å². The van der Waals surface area contributed by atoms with E-state index in [0.717, 1.165) is 89.8 Å². The summed E-state index contributed by atoms with van der Waals surface area (Å²) in [5, 5.41) is 3.29. The zero-order valence-electron chi connectivity index (χ0n) is 21.7. The molecule has 35 heavy (non-hydrogen) atoms. The number of rotatable bonds is 4. The van der Waals surface area contributed by atoms with E-state index in [1.807, 2.05) is 23.2 Å². The summed E-state index contributed by atoms with van der Waals surface area (Å²) in [5.41, 5.74) is 0.674. The van der Waals surface area contributed by atoms with E-state index in [4.69, 9.17) is 4.74 Å². The molecule has 3 fully saturated rings. The van der Waals surface area contributed by atoms with Crippen LogP contribution < -0.4 is 5.32 Å². The summed E-state index contributed by atoms with van der Waals surface area (Å²) in [4.78, 5) is 36.4. The van der Waals surface area contributed by atoms with Gasteiger partial charge < -0.3 is 15.0 Å². The van der Waals surface area contributed by atoms with Crippen LogP contribution in [0.1, 0.15) is 77.3 Å². The number of hydrogen-bond donors (Lipinski definition) is 1. The Balaban J connectivity index is 1.49. The van der Waals surface area contributed by atoms with Crippen LogP contribution in [0.3, 0.4) is 0 Å². The van der Waals surface area contributed by atoms with E-state index >= 15 is 0 Å². The predicted molar refractivity (Wildman–Crippen MR) is 137 cm³/mol. The van der Waals surface area contributed by atoms with Gasteiger partial charge in [-0.05, 0) is 76.1 Å². The molecule has 3 aliphatic heterocycles. The van der Waals surface area contributed by atoms with Crippen LogP contribution in [0.2, 0.25) is 0 Å². The highest BCUT2D eigenvalue weighted by Gasteiger charge is 2.43. The highest BCUT2D eigenvalue weighted by molar-refractivity contribution is 5.90. The molecule has 3 saturated heterocycles. The molecule has 7 nitrogen and oxygen atoms in total. The fourth-order valence-corrected chi connectivity index (χ4v) is 6.02. The Kier molecular flexibility index (Phi) is 9.17. The maximum Gasteiger partial charge on any atom is 0.245 e. The molecule has 1 N–H and O–H groups in total. The standard InChI is InChI=1S/C28H44N4O3/c1-22(2)19-25-26(33)32-15-8-10-24(32)21-35-18-7-3-5-11-28(27(34)30-25)12-16-31(17-13-28)20-23-9-4-6-14-29-23/h4,6,9,14,22,24-25H,3,5,7-8,10-13,15-21H2,1-2H3,(H,30,34)/t24-,25-/m0/s1. The Labute approximate surface area is 211 Å². The van der Waals surface area contributed by atoms with Crippen LogP contribution in [0.4, 0.5) is 0 Å². The average molecular weight is 485 g/mol. The summed E-state index contributed by atoms with van der Waals surface area (Å²) < 4.78 is 5.99. The van der Waals surface area contributed by atoms with Crippen molar-refractivity contribution in [3.05, 3.63) is 30.1 Å². The maximum atomic E-state index is 13.9. The first kappa shape index (κ1) is 26.1. The molecule has 3 aliphatic rings. The number of nitrogens with one attached hydrogen (secondary N) is 1. The van der Waals surface area contributed by atoms with Crippen molar-refractivity contribution in [2.45, 2.75) is 90.3 Å². The Hall–Kier alpha value is -1.99. The van der Waals surface area contributed by atoms with Crippen LogP contribution in [-0.2, 0) is 20.9 Å². The SMILES string of the molecule is CC(C)C[C@@H]1NC(=O)C2(CCCCCOC[C@@H]3CCCN3C1=O)CCN(Cc1ccccn1)CC2. The minimum atomic E-state index is -0.450. The van der Waals surface area contributed by atoms with Gasteiger partial charge >= 0.3 is 0 Å². The summed E-state index contributed by atoms with van der Waals surface area (Å²) in [7, 11) is 0. The Morgan fingerprint density at radius 1 is 1.09 bits per heavy atom.